The van der Waals surface area contributed by atoms with Gasteiger partial charge in [0, 0.05) is 6.54 Å². The number of carbonyl (C=O) groups is 2. The van der Waals surface area contributed by atoms with Crippen LogP contribution in [0.4, 0.5) is 10.5 Å². The molecular formula is C19H19NO4. The van der Waals surface area contributed by atoms with E-state index < -0.39 is 18.0 Å². The van der Waals surface area contributed by atoms with Crippen LogP contribution in [0.25, 0.3) is 0 Å². The van der Waals surface area contributed by atoms with Crippen LogP contribution in [-0.4, -0.2) is 23.7 Å². The second kappa shape index (κ2) is 7.17. The fraction of sp³-hybridized carbons (Fsp3) is 0.263. The number of aliphatic carboxylic acids is 1. The number of hydrogen-bond donors (Lipinski definition) is 1. The Labute approximate surface area is 140 Å². The van der Waals surface area contributed by atoms with E-state index in [1.807, 2.05) is 54.6 Å². The second-order valence-electron chi connectivity index (χ2n) is 5.85. The first-order valence-corrected chi connectivity index (χ1v) is 7.94. The molecule has 2 aromatic rings. The highest BCUT2D eigenvalue weighted by atomic mass is 16.6. The zero-order chi connectivity index (χ0) is 16.9. The van der Waals surface area contributed by atoms with Gasteiger partial charge in [0.05, 0.1) is 11.6 Å². The molecule has 0 bridgehead atoms. The smallest absolute Gasteiger partial charge is 0.414 e. The molecule has 5 nitrogen and oxygen atoms in total. The topological polar surface area (TPSA) is 66.8 Å². The van der Waals surface area contributed by atoms with Crippen LogP contribution in [0.5, 0.6) is 0 Å². The predicted molar refractivity (Wildman–Crippen MR) is 89.9 cm³/mol. The lowest BCUT2D eigenvalue weighted by molar-refractivity contribution is -0.141. The number of nitrogens with zero attached hydrogens (tertiary/aromatic N) is 1. The number of fused-ring (bicyclic) bond motifs is 1. The predicted octanol–water partition coefficient (Wildman–Crippen LogP) is 3.48. The Balaban J connectivity index is 1.77. The average Bonchev–Trinajstić information content (AvgIpc) is 2.80. The zero-order valence-electron chi connectivity index (χ0n) is 13.2. The summed E-state index contributed by atoms with van der Waals surface area (Å²) in [7, 11) is 0. The van der Waals surface area contributed by atoms with Crippen molar-refractivity contribution in [3.8, 4) is 0 Å². The molecule has 1 unspecified atom stereocenters. The van der Waals surface area contributed by atoms with Crippen molar-refractivity contribution >= 4 is 17.7 Å². The highest BCUT2D eigenvalue weighted by Crippen LogP contribution is 2.29. The Morgan fingerprint density at radius 3 is 2.54 bits per heavy atom. The summed E-state index contributed by atoms with van der Waals surface area (Å²) in [4.78, 5) is 25.4. The summed E-state index contributed by atoms with van der Waals surface area (Å²) >= 11 is 0. The van der Waals surface area contributed by atoms with Crippen molar-refractivity contribution in [2.45, 2.75) is 19.4 Å². The van der Waals surface area contributed by atoms with Crippen molar-refractivity contribution in [1.29, 1.82) is 0 Å². The highest BCUT2D eigenvalue weighted by molar-refractivity contribution is 5.89. The van der Waals surface area contributed by atoms with Crippen molar-refractivity contribution in [3.05, 3.63) is 65.7 Å². The minimum atomic E-state index is -0.829. The Bertz CT molecular complexity index is 729. The Morgan fingerprint density at radius 1 is 1.08 bits per heavy atom. The summed E-state index contributed by atoms with van der Waals surface area (Å²) in [5, 5.41) is 9.33. The van der Waals surface area contributed by atoms with Gasteiger partial charge in [0.15, 0.2) is 0 Å². The molecule has 1 heterocycles. The number of carboxylic acid groups (broad SMARTS) is 1. The molecule has 2 aromatic carbocycles. The molecule has 1 N–H and O–H groups in total. The van der Waals surface area contributed by atoms with Crippen LogP contribution >= 0.6 is 0 Å². The highest BCUT2D eigenvalue weighted by Gasteiger charge is 2.29. The van der Waals surface area contributed by atoms with Gasteiger partial charge in [0.2, 0.25) is 0 Å². The minimum absolute atomic E-state index is 0.195. The molecule has 124 valence electrons. The number of rotatable bonds is 3. The number of carbonyl (C=O) groups excluding carboxylic acids is 1. The second-order valence-corrected chi connectivity index (χ2v) is 5.85. The molecule has 0 saturated carbocycles. The zero-order valence-corrected chi connectivity index (χ0v) is 13.2. The van der Waals surface area contributed by atoms with Gasteiger partial charge in [0.1, 0.15) is 6.61 Å². The average molecular weight is 325 g/mol. The lowest BCUT2D eigenvalue weighted by Gasteiger charge is -2.22. The largest absolute Gasteiger partial charge is 0.481 e. The van der Waals surface area contributed by atoms with Crippen LogP contribution in [0.15, 0.2) is 54.6 Å². The molecule has 1 aliphatic heterocycles. The third-order valence-corrected chi connectivity index (χ3v) is 4.22. The van der Waals surface area contributed by atoms with E-state index in [4.69, 9.17) is 4.74 Å². The molecule has 0 fully saturated rings. The lowest BCUT2D eigenvalue weighted by atomic mass is 9.97. The first-order valence-electron chi connectivity index (χ1n) is 7.94. The number of anilines is 1. The van der Waals surface area contributed by atoms with E-state index in [9.17, 15) is 14.7 Å². The van der Waals surface area contributed by atoms with Crippen LogP contribution in [0.1, 0.15) is 17.5 Å². The van der Waals surface area contributed by atoms with Crippen molar-refractivity contribution in [2.75, 3.05) is 11.4 Å². The third-order valence-electron chi connectivity index (χ3n) is 4.22. The Hall–Kier alpha value is -2.82. The molecule has 0 spiro atoms. The Morgan fingerprint density at radius 2 is 1.79 bits per heavy atom. The van der Waals surface area contributed by atoms with Crippen LogP contribution in [0.2, 0.25) is 0 Å². The molecule has 1 amide bonds. The van der Waals surface area contributed by atoms with E-state index in [1.165, 1.54) is 0 Å². The summed E-state index contributed by atoms with van der Waals surface area (Å²) in [6.45, 7) is 0.530. The van der Waals surface area contributed by atoms with Crippen LogP contribution < -0.4 is 4.90 Å². The van der Waals surface area contributed by atoms with E-state index in [0.717, 1.165) is 16.8 Å². The van der Waals surface area contributed by atoms with Crippen molar-refractivity contribution in [3.63, 3.8) is 0 Å². The first kappa shape index (κ1) is 16.1. The van der Waals surface area contributed by atoms with E-state index in [1.54, 1.807) is 4.90 Å². The number of ether oxygens (including phenoxy) is 1. The van der Waals surface area contributed by atoms with Crippen molar-refractivity contribution in [1.82, 2.24) is 0 Å². The maximum Gasteiger partial charge on any atom is 0.414 e. The quantitative estimate of drug-likeness (QED) is 0.938. The van der Waals surface area contributed by atoms with E-state index in [0.29, 0.717) is 19.4 Å². The molecule has 3 rings (SSSR count). The standard InChI is InChI=1S/C19H19NO4/c21-18(22)16-10-11-20(17-9-5-4-8-15(17)12-16)19(23)24-13-14-6-2-1-3-7-14/h1-9,16H,10-13H2,(H,21,22). The fourth-order valence-corrected chi connectivity index (χ4v) is 2.92. The van der Waals surface area contributed by atoms with Crippen LogP contribution in [0, 0.1) is 5.92 Å². The van der Waals surface area contributed by atoms with Crippen LogP contribution in [-0.2, 0) is 22.6 Å². The van der Waals surface area contributed by atoms with Crippen molar-refractivity contribution in [2.24, 2.45) is 5.92 Å². The Kier molecular flexibility index (Phi) is 4.79. The molecule has 0 aliphatic carbocycles. The van der Waals surface area contributed by atoms with E-state index >= 15 is 0 Å². The van der Waals surface area contributed by atoms with Gasteiger partial charge < -0.3 is 9.84 Å². The summed E-state index contributed by atoms with van der Waals surface area (Å²) in [6.07, 6.45) is 0.385. The molecule has 24 heavy (non-hydrogen) atoms. The van der Waals surface area contributed by atoms with Gasteiger partial charge in [-0.2, -0.15) is 0 Å². The fourth-order valence-electron chi connectivity index (χ4n) is 2.92. The SMILES string of the molecule is O=C(O)C1CCN(C(=O)OCc2ccccc2)c2ccccc2C1. The van der Waals surface area contributed by atoms with Gasteiger partial charge in [-0.15, -0.1) is 0 Å². The third kappa shape index (κ3) is 3.56. The van der Waals surface area contributed by atoms with E-state index in [2.05, 4.69) is 0 Å². The molecule has 1 atom stereocenters. The number of amides is 1. The summed E-state index contributed by atoms with van der Waals surface area (Å²) in [5.41, 5.74) is 2.51. The number of para-hydroxylation sites is 1. The van der Waals surface area contributed by atoms with Gasteiger partial charge in [-0.25, -0.2) is 4.79 Å². The van der Waals surface area contributed by atoms with Gasteiger partial charge in [0.25, 0.3) is 0 Å². The summed E-state index contributed by atoms with van der Waals surface area (Å²) < 4.78 is 5.42. The molecule has 0 radical (unpaired) electrons. The van der Waals surface area contributed by atoms with Crippen molar-refractivity contribution < 1.29 is 19.4 Å². The minimum Gasteiger partial charge on any atom is -0.481 e. The normalized spacial score (nSPS) is 16.8. The monoisotopic (exact) mass is 325 g/mol. The lowest BCUT2D eigenvalue weighted by Crippen LogP contribution is -2.33. The maximum absolute atomic E-state index is 12.5. The molecular weight excluding hydrogens is 306 g/mol. The molecule has 1 aliphatic rings. The molecule has 0 saturated heterocycles. The summed E-state index contributed by atoms with van der Waals surface area (Å²) in [5.74, 6) is -1.32. The number of benzene rings is 2. The molecule has 5 heteroatoms. The number of carboxylic acids is 1. The van der Waals surface area contributed by atoms with E-state index in [-0.39, 0.29) is 6.61 Å². The first-order chi connectivity index (χ1) is 11.6. The van der Waals surface area contributed by atoms with Gasteiger partial charge in [-0.05, 0) is 30.0 Å². The van der Waals surface area contributed by atoms with Crippen LogP contribution in [0.3, 0.4) is 0 Å². The maximum atomic E-state index is 12.5. The summed E-state index contributed by atoms with van der Waals surface area (Å²) in [6, 6.07) is 16.9. The van der Waals surface area contributed by atoms with Gasteiger partial charge in [-0.1, -0.05) is 48.5 Å². The van der Waals surface area contributed by atoms with Gasteiger partial charge >= 0.3 is 12.1 Å². The van der Waals surface area contributed by atoms with Gasteiger partial charge in [-0.3, -0.25) is 9.69 Å². The number of hydrogen-bond acceptors (Lipinski definition) is 3. The molecule has 0 aromatic heterocycles.